The zero-order valence-electron chi connectivity index (χ0n) is 23.5. The molecule has 224 valence electrons. The molecule has 1 atom stereocenters. The van der Waals surface area contributed by atoms with Gasteiger partial charge in [-0.1, -0.05) is 18.2 Å². The zero-order chi connectivity index (χ0) is 30.0. The molecule has 14 nitrogen and oxygen atoms in total. The van der Waals surface area contributed by atoms with E-state index >= 15 is 0 Å². The predicted molar refractivity (Wildman–Crippen MR) is 155 cm³/mol. The summed E-state index contributed by atoms with van der Waals surface area (Å²) < 4.78 is 5.74. The Hall–Kier alpha value is -5.27. The van der Waals surface area contributed by atoms with Gasteiger partial charge in [-0.3, -0.25) is 19.2 Å². The van der Waals surface area contributed by atoms with E-state index in [0.29, 0.717) is 54.0 Å². The number of aromatic nitrogens is 5. The summed E-state index contributed by atoms with van der Waals surface area (Å²) in [6.07, 6.45) is 4.41. The Kier molecular flexibility index (Phi) is 9.56. The van der Waals surface area contributed by atoms with Crippen molar-refractivity contribution in [1.29, 1.82) is 0 Å². The van der Waals surface area contributed by atoms with Crippen molar-refractivity contribution in [2.24, 2.45) is 0 Å². The molecule has 0 unspecified atom stereocenters. The maximum atomic E-state index is 13.2. The van der Waals surface area contributed by atoms with E-state index in [9.17, 15) is 19.2 Å². The van der Waals surface area contributed by atoms with E-state index in [4.69, 9.17) is 4.74 Å². The van der Waals surface area contributed by atoms with Gasteiger partial charge in [-0.05, 0) is 43.2 Å². The quantitative estimate of drug-likeness (QED) is 0.266. The number of H-pyrrole nitrogens is 1. The van der Waals surface area contributed by atoms with Crippen LogP contribution in [-0.4, -0.2) is 92.3 Å². The van der Waals surface area contributed by atoms with Gasteiger partial charge < -0.3 is 30.6 Å². The van der Waals surface area contributed by atoms with Crippen LogP contribution in [0, 0.1) is 0 Å². The summed E-state index contributed by atoms with van der Waals surface area (Å²) in [6.45, 7) is 0.699. The fourth-order valence-electron chi connectivity index (χ4n) is 4.63. The van der Waals surface area contributed by atoms with Crippen LogP contribution in [0.3, 0.4) is 0 Å². The van der Waals surface area contributed by atoms with Crippen molar-refractivity contribution in [3.05, 3.63) is 72.3 Å². The van der Waals surface area contributed by atoms with Gasteiger partial charge in [-0.2, -0.15) is 15.0 Å². The van der Waals surface area contributed by atoms with E-state index in [1.165, 1.54) is 16.0 Å². The summed E-state index contributed by atoms with van der Waals surface area (Å²) >= 11 is 0. The average Bonchev–Trinajstić information content (AvgIpc) is 3.67. The van der Waals surface area contributed by atoms with Crippen molar-refractivity contribution in [2.45, 2.75) is 31.8 Å². The molecule has 14 heteroatoms. The van der Waals surface area contributed by atoms with Gasteiger partial charge in [-0.25, -0.2) is 4.98 Å². The maximum Gasteiger partial charge on any atom is 0.252 e. The predicted octanol–water partition coefficient (Wildman–Crippen LogP) is 0.429. The molecule has 0 saturated heterocycles. The van der Waals surface area contributed by atoms with Gasteiger partial charge >= 0.3 is 0 Å². The van der Waals surface area contributed by atoms with Gasteiger partial charge in [0.1, 0.15) is 36.0 Å². The number of carbonyl (C=O) groups excluding carboxylic acids is 4. The summed E-state index contributed by atoms with van der Waals surface area (Å²) in [5.74, 6) is -0.981. The van der Waals surface area contributed by atoms with E-state index in [1.54, 1.807) is 30.5 Å². The maximum absolute atomic E-state index is 13.2. The SMILES string of the molecule is O=C1CN(C(=O)Cn2nc3ccccc3n2)CCCCNC(=O)[C@H](Cc2cnc[nH]2)NC(=O)c2cccc(c2)OCCN1. The molecule has 4 amide bonds. The molecule has 0 saturated carbocycles. The van der Waals surface area contributed by atoms with Crippen LogP contribution in [0.5, 0.6) is 5.75 Å². The summed E-state index contributed by atoms with van der Waals surface area (Å²) in [5, 5.41) is 17.2. The van der Waals surface area contributed by atoms with Gasteiger partial charge in [0.15, 0.2) is 0 Å². The van der Waals surface area contributed by atoms with Crippen molar-refractivity contribution >= 4 is 34.7 Å². The molecule has 0 fully saturated rings. The first-order chi connectivity index (χ1) is 20.9. The lowest BCUT2D eigenvalue weighted by atomic mass is 10.1. The number of hydrogen-bond donors (Lipinski definition) is 4. The Morgan fingerprint density at radius 3 is 2.56 bits per heavy atom. The van der Waals surface area contributed by atoms with Crippen molar-refractivity contribution in [2.75, 3.05) is 32.8 Å². The minimum atomic E-state index is -0.850. The first kappa shape index (κ1) is 29.2. The molecule has 5 rings (SSSR count). The van der Waals surface area contributed by atoms with Gasteiger partial charge in [0, 0.05) is 37.0 Å². The molecule has 4 aromatic rings. The number of ether oxygens (including phenoxy) is 1. The normalized spacial score (nSPS) is 17.5. The lowest BCUT2D eigenvalue weighted by Crippen LogP contribution is -2.48. The molecule has 0 spiro atoms. The molecule has 3 heterocycles. The van der Waals surface area contributed by atoms with Crippen LogP contribution < -0.4 is 20.7 Å². The van der Waals surface area contributed by atoms with Gasteiger partial charge in [0.2, 0.25) is 17.7 Å². The number of amides is 4. The fourth-order valence-corrected chi connectivity index (χ4v) is 4.63. The summed E-state index contributed by atoms with van der Waals surface area (Å²) in [6, 6.07) is 13.0. The van der Waals surface area contributed by atoms with Crippen LogP contribution >= 0.6 is 0 Å². The fraction of sp³-hybridized carbons (Fsp3) is 0.345. The zero-order valence-corrected chi connectivity index (χ0v) is 23.5. The summed E-state index contributed by atoms with van der Waals surface area (Å²) in [7, 11) is 0. The Balaban J connectivity index is 1.27. The number of aromatic amines is 1. The number of nitrogens with one attached hydrogen (secondary N) is 4. The molecule has 1 aliphatic rings. The lowest BCUT2D eigenvalue weighted by Gasteiger charge is -2.22. The molecular weight excluding hydrogens is 554 g/mol. The number of fused-ring (bicyclic) bond motifs is 3. The minimum absolute atomic E-state index is 0.118. The lowest BCUT2D eigenvalue weighted by molar-refractivity contribution is -0.137. The molecule has 2 aromatic heterocycles. The van der Waals surface area contributed by atoms with E-state index in [2.05, 4.69) is 36.1 Å². The number of imidazole rings is 1. The van der Waals surface area contributed by atoms with E-state index in [-0.39, 0.29) is 50.4 Å². The highest BCUT2D eigenvalue weighted by Crippen LogP contribution is 2.14. The molecule has 43 heavy (non-hydrogen) atoms. The van der Waals surface area contributed by atoms with Gasteiger partial charge in [0.05, 0.1) is 19.4 Å². The van der Waals surface area contributed by atoms with Crippen molar-refractivity contribution < 1.29 is 23.9 Å². The largest absolute Gasteiger partial charge is 0.492 e. The van der Waals surface area contributed by atoms with Crippen LogP contribution in [0.2, 0.25) is 0 Å². The monoisotopic (exact) mass is 587 g/mol. The second-order valence-electron chi connectivity index (χ2n) is 10.1. The highest BCUT2D eigenvalue weighted by Gasteiger charge is 2.23. The van der Waals surface area contributed by atoms with Crippen LogP contribution in [0.15, 0.2) is 61.1 Å². The molecule has 0 aliphatic carbocycles. The molecule has 1 aliphatic heterocycles. The Morgan fingerprint density at radius 1 is 0.977 bits per heavy atom. The third kappa shape index (κ3) is 8.15. The van der Waals surface area contributed by atoms with Crippen molar-refractivity contribution in [1.82, 2.24) is 45.8 Å². The number of rotatable bonds is 4. The third-order valence-corrected chi connectivity index (χ3v) is 6.84. The van der Waals surface area contributed by atoms with Crippen LogP contribution in [0.4, 0.5) is 0 Å². The first-order valence-electron chi connectivity index (χ1n) is 14.1. The molecular formula is C29H33N9O5. The molecule has 0 radical (unpaired) electrons. The number of benzene rings is 2. The highest BCUT2D eigenvalue weighted by atomic mass is 16.5. The summed E-state index contributed by atoms with van der Waals surface area (Å²) in [5.41, 5.74) is 2.37. The number of hydrogen-bond acceptors (Lipinski definition) is 8. The van der Waals surface area contributed by atoms with E-state index < -0.39 is 11.9 Å². The first-order valence-corrected chi connectivity index (χ1v) is 14.1. The van der Waals surface area contributed by atoms with Gasteiger partial charge in [0.25, 0.3) is 5.91 Å². The second kappa shape index (κ2) is 14.1. The summed E-state index contributed by atoms with van der Waals surface area (Å²) in [4.78, 5) is 61.9. The highest BCUT2D eigenvalue weighted by molar-refractivity contribution is 5.98. The Labute approximate surface area is 247 Å². The Bertz CT molecular complexity index is 1540. The standard InChI is InChI=1S/C29H33N9O5/c39-26-17-37(27(40)18-38-35-23-8-1-2-9-24(23)36-38)12-4-3-10-32-29(42)25(15-21-16-30-19-33-21)34-28(41)20-6-5-7-22(14-20)43-13-11-31-26/h1-2,5-9,14,16,19,25H,3-4,10-13,15,17-18H2,(H,30,33)(H,31,39)(H,32,42)(H,34,41)/t25-/m0/s1. The molecule has 4 N–H and O–H groups in total. The Morgan fingerprint density at radius 2 is 1.79 bits per heavy atom. The number of nitrogens with zero attached hydrogens (tertiary/aromatic N) is 5. The van der Waals surface area contributed by atoms with Crippen LogP contribution in [0.1, 0.15) is 28.9 Å². The molecule has 2 bridgehead atoms. The number of carbonyl (C=O) groups is 4. The second-order valence-corrected chi connectivity index (χ2v) is 10.1. The van der Waals surface area contributed by atoms with Gasteiger partial charge in [-0.15, -0.1) is 0 Å². The van der Waals surface area contributed by atoms with E-state index in [1.807, 2.05) is 24.3 Å². The third-order valence-electron chi connectivity index (χ3n) is 6.84. The van der Waals surface area contributed by atoms with Crippen LogP contribution in [0.25, 0.3) is 11.0 Å². The smallest absolute Gasteiger partial charge is 0.252 e. The topological polar surface area (TPSA) is 176 Å². The van der Waals surface area contributed by atoms with Crippen LogP contribution in [-0.2, 0) is 27.3 Å². The van der Waals surface area contributed by atoms with Crippen molar-refractivity contribution in [3.63, 3.8) is 0 Å². The van der Waals surface area contributed by atoms with Crippen molar-refractivity contribution in [3.8, 4) is 5.75 Å². The minimum Gasteiger partial charge on any atom is -0.492 e. The van der Waals surface area contributed by atoms with E-state index in [0.717, 1.165) is 0 Å². The molecule has 2 aromatic carbocycles. The average molecular weight is 588 g/mol.